The zero-order valence-electron chi connectivity index (χ0n) is 6.33. The molecule has 0 rings (SSSR count). The first-order valence-electron chi connectivity index (χ1n) is 3.20. The van der Waals surface area contributed by atoms with E-state index in [0.29, 0.717) is 13.1 Å². The SMILES string of the molecule is CC(C)N(CC#N)CC#N. The van der Waals surface area contributed by atoms with Crippen molar-refractivity contribution >= 4 is 0 Å². The summed E-state index contributed by atoms with van der Waals surface area (Å²) in [5.74, 6) is 0. The summed E-state index contributed by atoms with van der Waals surface area (Å²) in [6.07, 6.45) is 0. The Morgan fingerprint density at radius 3 is 1.80 bits per heavy atom. The number of hydrogen-bond donors (Lipinski definition) is 0. The quantitative estimate of drug-likeness (QED) is 0.539. The van der Waals surface area contributed by atoms with Gasteiger partial charge in [0.25, 0.3) is 0 Å². The molecule has 0 saturated carbocycles. The second-order valence-corrected chi connectivity index (χ2v) is 2.31. The fraction of sp³-hybridized carbons (Fsp3) is 0.714. The van der Waals surface area contributed by atoms with E-state index in [1.54, 1.807) is 4.90 Å². The molecule has 0 unspecified atom stereocenters. The molecular formula is C7H11N3. The minimum absolute atomic E-state index is 0.277. The maximum Gasteiger partial charge on any atom is 0.0876 e. The summed E-state index contributed by atoms with van der Waals surface area (Å²) in [6.45, 7) is 4.61. The lowest BCUT2D eigenvalue weighted by molar-refractivity contribution is 0.279. The predicted molar refractivity (Wildman–Crippen MR) is 37.9 cm³/mol. The molecule has 0 radical (unpaired) electrons. The van der Waals surface area contributed by atoms with Crippen LogP contribution in [0.25, 0.3) is 0 Å². The molecule has 0 saturated heterocycles. The maximum absolute atomic E-state index is 8.31. The van der Waals surface area contributed by atoms with Crippen molar-refractivity contribution in [2.45, 2.75) is 19.9 Å². The van der Waals surface area contributed by atoms with E-state index in [-0.39, 0.29) is 6.04 Å². The summed E-state index contributed by atoms with van der Waals surface area (Å²) in [5, 5.41) is 16.6. The van der Waals surface area contributed by atoms with Crippen molar-refractivity contribution < 1.29 is 0 Å². The maximum atomic E-state index is 8.31. The summed E-state index contributed by atoms with van der Waals surface area (Å²) < 4.78 is 0. The van der Waals surface area contributed by atoms with E-state index in [0.717, 1.165) is 0 Å². The standard InChI is InChI=1S/C7H11N3/c1-7(2)10(5-3-8)6-4-9/h7H,5-6H2,1-2H3. The van der Waals surface area contributed by atoms with Gasteiger partial charge >= 0.3 is 0 Å². The fourth-order valence-electron chi connectivity index (χ4n) is 0.603. The van der Waals surface area contributed by atoms with Crippen LogP contribution in [0.1, 0.15) is 13.8 Å². The van der Waals surface area contributed by atoms with Crippen LogP contribution in [0.4, 0.5) is 0 Å². The third-order valence-electron chi connectivity index (χ3n) is 1.28. The van der Waals surface area contributed by atoms with E-state index in [1.165, 1.54) is 0 Å². The van der Waals surface area contributed by atoms with Crippen molar-refractivity contribution in [3.8, 4) is 12.1 Å². The average Bonchev–Trinajstić information content (AvgIpc) is 1.87. The summed E-state index contributed by atoms with van der Waals surface area (Å²) >= 11 is 0. The molecule has 0 aromatic rings. The molecule has 0 amide bonds. The monoisotopic (exact) mass is 137 g/mol. The van der Waals surface area contributed by atoms with E-state index in [9.17, 15) is 0 Å². The Balaban J connectivity index is 3.78. The summed E-state index contributed by atoms with van der Waals surface area (Å²) in [4.78, 5) is 1.81. The molecule has 3 nitrogen and oxygen atoms in total. The van der Waals surface area contributed by atoms with Gasteiger partial charge in [0.15, 0.2) is 0 Å². The minimum Gasteiger partial charge on any atom is -0.275 e. The van der Waals surface area contributed by atoms with Gasteiger partial charge in [-0.25, -0.2) is 0 Å². The number of hydrogen-bond acceptors (Lipinski definition) is 3. The van der Waals surface area contributed by atoms with E-state index in [1.807, 2.05) is 26.0 Å². The van der Waals surface area contributed by atoms with Gasteiger partial charge < -0.3 is 0 Å². The number of nitriles is 2. The molecule has 0 N–H and O–H groups in total. The van der Waals surface area contributed by atoms with Crippen molar-refractivity contribution in [2.24, 2.45) is 0 Å². The second-order valence-electron chi connectivity index (χ2n) is 2.31. The third-order valence-corrected chi connectivity index (χ3v) is 1.28. The van der Waals surface area contributed by atoms with E-state index < -0.39 is 0 Å². The second kappa shape index (κ2) is 4.78. The molecule has 0 aliphatic heterocycles. The molecule has 0 fully saturated rings. The highest BCUT2D eigenvalue weighted by Crippen LogP contribution is 1.94. The van der Waals surface area contributed by atoms with E-state index in [4.69, 9.17) is 10.5 Å². The van der Waals surface area contributed by atoms with Gasteiger partial charge in [-0.15, -0.1) is 0 Å². The Morgan fingerprint density at radius 2 is 1.60 bits per heavy atom. The lowest BCUT2D eigenvalue weighted by Crippen LogP contribution is -2.31. The summed E-state index contributed by atoms with van der Waals surface area (Å²) in [6, 6.07) is 4.29. The highest BCUT2D eigenvalue weighted by atomic mass is 15.1. The van der Waals surface area contributed by atoms with Gasteiger partial charge in [0.2, 0.25) is 0 Å². The molecule has 0 aliphatic carbocycles. The Bertz CT molecular complexity index is 145. The van der Waals surface area contributed by atoms with Crippen LogP contribution in [0.3, 0.4) is 0 Å². The number of rotatable bonds is 3. The largest absolute Gasteiger partial charge is 0.275 e. The topological polar surface area (TPSA) is 50.8 Å². The molecule has 0 atom stereocenters. The fourth-order valence-corrected chi connectivity index (χ4v) is 0.603. The molecule has 0 aliphatic rings. The highest BCUT2D eigenvalue weighted by Gasteiger charge is 2.06. The van der Waals surface area contributed by atoms with Crippen LogP contribution in [0.5, 0.6) is 0 Å². The zero-order chi connectivity index (χ0) is 7.98. The molecule has 10 heavy (non-hydrogen) atoms. The molecule has 54 valence electrons. The molecule has 0 aromatic carbocycles. The third kappa shape index (κ3) is 3.06. The summed E-state index contributed by atoms with van der Waals surface area (Å²) in [7, 11) is 0. The van der Waals surface area contributed by atoms with Crippen molar-refractivity contribution in [1.82, 2.24) is 4.90 Å². The molecule has 0 aromatic heterocycles. The van der Waals surface area contributed by atoms with Crippen LogP contribution in [-0.2, 0) is 0 Å². The van der Waals surface area contributed by atoms with Crippen LogP contribution in [0, 0.1) is 22.7 Å². The van der Waals surface area contributed by atoms with Gasteiger partial charge in [0.1, 0.15) is 0 Å². The summed E-state index contributed by atoms with van der Waals surface area (Å²) in [5.41, 5.74) is 0. The van der Waals surface area contributed by atoms with E-state index in [2.05, 4.69) is 0 Å². The lowest BCUT2D eigenvalue weighted by atomic mass is 10.3. The van der Waals surface area contributed by atoms with Crippen LogP contribution >= 0.6 is 0 Å². The van der Waals surface area contributed by atoms with Gasteiger partial charge in [-0.1, -0.05) is 0 Å². The Kier molecular flexibility index (Phi) is 4.28. The molecule has 0 spiro atoms. The first-order valence-corrected chi connectivity index (χ1v) is 3.20. The van der Waals surface area contributed by atoms with Crippen LogP contribution < -0.4 is 0 Å². The van der Waals surface area contributed by atoms with Crippen molar-refractivity contribution in [1.29, 1.82) is 10.5 Å². The van der Waals surface area contributed by atoms with Gasteiger partial charge in [0.05, 0.1) is 25.2 Å². The first-order chi connectivity index (χ1) is 4.72. The van der Waals surface area contributed by atoms with Gasteiger partial charge in [-0.3, -0.25) is 4.90 Å². The Hall–Kier alpha value is -1.06. The van der Waals surface area contributed by atoms with Crippen molar-refractivity contribution in [2.75, 3.05) is 13.1 Å². The molecular weight excluding hydrogens is 126 g/mol. The average molecular weight is 137 g/mol. The highest BCUT2D eigenvalue weighted by molar-refractivity contribution is 4.85. The first kappa shape index (κ1) is 8.94. The predicted octanol–water partition coefficient (Wildman–Crippen LogP) is 0.744. The Morgan fingerprint density at radius 1 is 1.20 bits per heavy atom. The van der Waals surface area contributed by atoms with Crippen molar-refractivity contribution in [3.05, 3.63) is 0 Å². The van der Waals surface area contributed by atoms with Gasteiger partial charge in [-0.2, -0.15) is 10.5 Å². The van der Waals surface area contributed by atoms with Crippen LogP contribution in [-0.4, -0.2) is 24.0 Å². The zero-order valence-corrected chi connectivity index (χ0v) is 6.33. The van der Waals surface area contributed by atoms with Gasteiger partial charge in [-0.05, 0) is 13.8 Å². The van der Waals surface area contributed by atoms with Crippen LogP contribution in [0.15, 0.2) is 0 Å². The lowest BCUT2D eigenvalue weighted by Gasteiger charge is -2.18. The molecule has 0 heterocycles. The molecule has 3 heteroatoms. The van der Waals surface area contributed by atoms with Crippen LogP contribution in [0.2, 0.25) is 0 Å². The molecule has 0 bridgehead atoms. The normalized spacial score (nSPS) is 9.40. The van der Waals surface area contributed by atoms with Crippen molar-refractivity contribution in [3.63, 3.8) is 0 Å². The minimum atomic E-state index is 0.277. The van der Waals surface area contributed by atoms with Gasteiger partial charge in [0, 0.05) is 6.04 Å². The smallest absolute Gasteiger partial charge is 0.0876 e. The Labute approximate surface area is 61.5 Å². The van der Waals surface area contributed by atoms with E-state index >= 15 is 0 Å². The number of nitrogens with zero attached hydrogens (tertiary/aromatic N) is 3.